The molecule has 1 aliphatic rings. The standard InChI is InChI=1S/C20H19ClN4O4/c1-12-16(18(26)27)17(14-5-2-6-15(21)10-14)25(20(29)24-12)19(28)23-9-7-13-4-3-8-22-11-13/h2-6,8,10-11,17H,7,9H2,1H3,(H,23,28)(H,24,29)(H,26,27). The largest absolute Gasteiger partial charge is 0.478 e. The molecule has 1 aliphatic heterocycles. The lowest BCUT2D eigenvalue weighted by Crippen LogP contribution is -2.54. The number of carboxylic acid groups (broad SMARTS) is 1. The molecule has 9 heteroatoms. The monoisotopic (exact) mass is 414 g/mol. The van der Waals surface area contributed by atoms with Crippen molar-refractivity contribution in [2.45, 2.75) is 19.4 Å². The Hall–Kier alpha value is -3.39. The topological polar surface area (TPSA) is 112 Å². The number of aliphatic carboxylic acids is 1. The van der Waals surface area contributed by atoms with Crippen molar-refractivity contribution in [3.05, 3.63) is 76.2 Å². The van der Waals surface area contributed by atoms with E-state index in [0.29, 0.717) is 17.0 Å². The van der Waals surface area contributed by atoms with E-state index in [4.69, 9.17) is 11.6 Å². The summed E-state index contributed by atoms with van der Waals surface area (Å²) >= 11 is 6.05. The molecule has 8 nitrogen and oxygen atoms in total. The van der Waals surface area contributed by atoms with Crippen LogP contribution in [-0.4, -0.2) is 39.6 Å². The summed E-state index contributed by atoms with van der Waals surface area (Å²) in [4.78, 5) is 42.2. The average molecular weight is 415 g/mol. The number of imide groups is 1. The van der Waals surface area contributed by atoms with Crippen LogP contribution in [0, 0.1) is 0 Å². The van der Waals surface area contributed by atoms with Crippen molar-refractivity contribution in [1.29, 1.82) is 0 Å². The van der Waals surface area contributed by atoms with E-state index in [0.717, 1.165) is 10.5 Å². The lowest BCUT2D eigenvalue weighted by atomic mass is 9.94. The van der Waals surface area contributed by atoms with Crippen LogP contribution in [0.25, 0.3) is 0 Å². The third-order valence-electron chi connectivity index (χ3n) is 4.48. The van der Waals surface area contributed by atoms with E-state index in [1.165, 1.54) is 13.0 Å². The highest BCUT2D eigenvalue weighted by Crippen LogP contribution is 2.34. The number of pyridine rings is 1. The number of carboxylic acids is 1. The molecule has 29 heavy (non-hydrogen) atoms. The van der Waals surface area contributed by atoms with Gasteiger partial charge in [0, 0.05) is 29.7 Å². The van der Waals surface area contributed by atoms with Gasteiger partial charge in [0.05, 0.1) is 5.57 Å². The van der Waals surface area contributed by atoms with Crippen molar-refractivity contribution in [2.75, 3.05) is 6.54 Å². The Labute approximate surface area is 172 Å². The number of halogens is 1. The summed E-state index contributed by atoms with van der Waals surface area (Å²) in [5.41, 5.74) is 1.41. The minimum atomic E-state index is -1.24. The van der Waals surface area contributed by atoms with Crippen LogP contribution in [0.15, 0.2) is 60.1 Å². The Bertz CT molecular complexity index is 977. The summed E-state index contributed by atoms with van der Waals surface area (Å²) in [6.45, 7) is 1.73. The highest BCUT2D eigenvalue weighted by molar-refractivity contribution is 6.30. The van der Waals surface area contributed by atoms with Crippen molar-refractivity contribution in [3.63, 3.8) is 0 Å². The molecule has 2 heterocycles. The number of amides is 4. The molecule has 3 rings (SSSR count). The van der Waals surface area contributed by atoms with E-state index in [-0.39, 0.29) is 17.8 Å². The summed E-state index contributed by atoms with van der Waals surface area (Å²) in [6, 6.07) is 7.56. The minimum Gasteiger partial charge on any atom is -0.478 e. The van der Waals surface area contributed by atoms with Gasteiger partial charge in [0.1, 0.15) is 6.04 Å². The molecule has 4 amide bonds. The highest BCUT2D eigenvalue weighted by Gasteiger charge is 2.41. The molecule has 1 aromatic heterocycles. The van der Waals surface area contributed by atoms with Crippen LogP contribution in [0.5, 0.6) is 0 Å². The van der Waals surface area contributed by atoms with Gasteiger partial charge in [0.25, 0.3) is 0 Å². The Morgan fingerprint density at radius 2 is 2.10 bits per heavy atom. The SMILES string of the molecule is CC1=C(C(=O)O)C(c2cccc(Cl)c2)N(C(=O)NCCc2cccnc2)C(=O)N1. The number of aromatic nitrogens is 1. The van der Waals surface area contributed by atoms with Crippen LogP contribution in [0.1, 0.15) is 24.1 Å². The van der Waals surface area contributed by atoms with Gasteiger partial charge in [-0.25, -0.2) is 19.3 Å². The van der Waals surface area contributed by atoms with Crippen molar-refractivity contribution < 1.29 is 19.5 Å². The first-order valence-corrected chi connectivity index (χ1v) is 9.22. The highest BCUT2D eigenvalue weighted by atomic mass is 35.5. The second-order valence-corrected chi connectivity index (χ2v) is 6.88. The van der Waals surface area contributed by atoms with Crippen LogP contribution >= 0.6 is 11.6 Å². The maximum atomic E-state index is 12.8. The molecule has 1 unspecified atom stereocenters. The number of nitrogens with one attached hydrogen (secondary N) is 2. The Balaban J connectivity index is 1.88. The molecular formula is C20H19ClN4O4. The van der Waals surface area contributed by atoms with E-state index in [1.54, 1.807) is 36.7 Å². The number of carbonyl (C=O) groups is 3. The summed E-state index contributed by atoms with van der Waals surface area (Å²) < 4.78 is 0. The second-order valence-electron chi connectivity index (χ2n) is 6.44. The van der Waals surface area contributed by atoms with Gasteiger partial charge in [-0.15, -0.1) is 0 Å². The van der Waals surface area contributed by atoms with Crippen molar-refractivity contribution in [2.24, 2.45) is 0 Å². The van der Waals surface area contributed by atoms with Gasteiger partial charge in [-0.2, -0.15) is 0 Å². The maximum absolute atomic E-state index is 12.8. The predicted octanol–water partition coefficient (Wildman–Crippen LogP) is 3.11. The number of nitrogens with zero attached hydrogens (tertiary/aromatic N) is 2. The zero-order chi connectivity index (χ0) is 21.0. The zero-order valence-corrected chi connectivity index (χ0v) is 16.3. The van der Waals surface area contributed by atoms with Gasteiger partial charge in [0.15, 0.2) is 0 Å². The van der Waals surface area contributed by atoms with Crippen LogP contribution in [-0.2, 0) is 11.2 Å². The normalized spacial score (nSPS) is 16.4. The summed E-state index contributed by atoms with van der Waals surface area (Å²) in [7, 11) is 0. The molecule has 1 aromatic carbocycles. The van der Waals surface area contributed by atoms with Gasteiger partial charge in [-0.1, -0.05) is 29.8 Å². The van der Waals surface area contributed by atoms with E-state index in [9.17, 15) is 19.5 Å². The molecule has 1 atom stereocenters. The van der Waals surface area contributed by atoms with Crippen LogP contribution in [0.3, 0.4) is 0 Å². The number of benzene rings is 1. The molecule has 3 N–H and O–H groups in total. The fourth-order valence-corrected chi connectivity index (χ4v) is 3.36. The molecule has 0 fully saturated rings. The van der Waals surface area contributed by atoms with Gasteiger partial charge in [0.2, 0.25) is 0 Å². The van der Waals surface area contributed by atoms with Gasteiger partial charge in [-0.3, -0.25) is 4.98 Å². The molecule has 0 saturated carbocycles. The quantitative estimate of drug-likeness (QED) is 0.696. The Morgan fingerprint density at radius 1 is 1.31 bits per heavy atom. The van der Waals surface area contributed by atoms with E-state index in [2.05, 4.69) is 15.6 Å². The first-order chi connectivity index (χ1) is 13.9. The lowest BCUT2D eigenvalue weighted by molar-refractivity contribution is -0.133. The van der Waals surface area contributed by atoms with E-state index < -0.39 is 24.1 Å². The first kappa shape index (κ1) is 20.3. The van der Waals surface area contributed by atoms with Crippen molar-refractivity contribution in [1.82, 2.24) is 20.5 Å². The third kappa shape index (κ3) is 4.55. The molecule has 0 aliphatic carbocycles. The van der Waals surface area contributed by atoms with Crippen molar-refractivity contribution >= 4 is 29.6 Å². The fourth-order valence-electron chi connectivity index (χ4n) is 3.16. The second kappa shape index (κ2) is 8.74. The van der Waals surface area contributed by atoms with E-state index in [1.807, 2.05) is 6.07 Å². The third-order valence-corrected chi connectivity index (χ3v) is 4.71. The maximum Gasteiger partial charge on any atom is 0.335 e. The molecule has 2 aromatic rings. The van der Waals surface area contributed by atoms with Crippen molar-refractivity contribution in [3.8, 4) is 0 Å². The van der Waals surface area contributed by atoms with Crippen LogP contribution < -0.4 is 10.6 Å². The van der Waals surface area contributed by atoms with Crippen LogP contribution in [0.2, 0.25) is 5.02 Å². The number of hydrogen-bond acceptors (Lipinski definition) is 4. The summed E-state index contributed by atoms with van der Waals surface area (Å²) in [5.74, 6) is -1.24. The molecule has 150 valence electrons. The number of urea groups is 2. The zero-order valence-electron chi connectivity index (χ0n) is 15.6. The van der Waals surface area contributed by atoms with Gasteiger partial charge < -0.3 is 15.7 Å². The lowest BCUT2D eigenvalue weighted by Gasteiger charge is -2.35. The smallest absolute Gasteiger partial charge is 0.335 e. The average Bonchev–Trinajstić information content (AvgIpc) is 2.67. The minimum absolute atomic E-state index is 0.103. The summed E-state index contributed by atoms with van der Waals surface area (Å²) in [6.07, 6.45) is 3.85. The molecule has 0 saturated heterocycles. The molecule has 0 bridgehead atoms. The number of allylic oxidation sites excluding steroid dienone is 1. The molecule has 0 spiro atoms. The van der Waals surface area contributed by atoms with Gasteiger partial charge >= 0.3 is 18.0 Å². The van der Waals surface area contributed by atoms with Gasteiger partial charge in [-0.05, 0) is 42.7 Å². The molecule has 0 radical (unpaired) electrons. The van der Waals surface area contributed by atoms with E-state index >= 15 is 0 Å². The number of carbonyl (C=O) groups excluding carboxylic acids is 2. The van der Waals surface area contributed by atoms with Crippen LogP contribution in [0.4, 0.5) is 9.59 Å². The number of rotatable bonds is 5. The summed E-state index contributed by atoms with van der Waals surface area (Å²) in [5, 5.41) is 15.2. The fraction of sp³-hybridized carbons (Fsp3) is 0.200. The Kier molecular flexibility index (Phi) is 6.13. The molecular weight excluding hydrogens is 396 g/mol. The number of hydrogen-bond donors (Lipinski definition) is 3. The predicted molar refractivity (Wildman–Crippen MR) is 106 cm³/mol. The first-order valence-electron chi connectivity index (χ1n) is 8.85. The Morgan fingerprint density at radius 3 is 2.76 bits per heavy atom.